The molecule has 0 aliphatic heterocycles. The summed E-state index contributed by atoms with van der Waals surface area (Å²) in [6.07, 6.45) is 10.0. The summed E-state index contributed by atoms with van der Waals surface area (Å²) in [6, 6.07) is 0. The highest BCUT2D eigenvalue weighted by atomic mass is 16.5. The Bertz CT molecular complexity index is 212. The Labute approximate surface area is 105 Å². The number of aliphatic hydroxyl groups is 1. The van der Waals surface area contributed by atoms with E-state index in [2.05, 4.69) is 6.92 Å². The Balaban J connectivity index is 3.40. The van der Waals surface area contributed by atoms with Crippen LogP contribution in [0, 0.1) is 0 Å². The van der Waals surface area contributed by atoms with Gasteiger partial charge < -0.3 is 9.84 Å². The van der Waals surface area contributed by atoms with Gasteiger partial charge in [-0.1, -0.05) is 32.3 Å². The average molecular weight is 242 g/mol. The smallest absolute Gasteiger partial charge is 0.330 e. The highest BCUT2D eigenvalue weighted by Gasteiger charge is 2.02. The van der Waals surface area contributed by atoms with E-state index in [9.17, 15) is 9.90 Å². The number of carbonyl (C=O) groups excluding carboxylic acids is 1. The molecular formula is C14H26O3. The number of aliphatic hydroxyl groups excluding tert-OH is 1. The van der Waals surface area contributed by atoms with Crippen molar-refractivity contribution in [3.63, 3.8) is 0 Å². The predicted molar refractivity (Wildman–Crippen MR) is 69.8 cm³/mol. The van der Waals surface area contributed by atoms with Gasteiger partial charge in [0, 0.05) is 6.08 Å². The van der Waals surface area contributed by atoms with Crippen molar-refractivity contribution in [3.05, 3.63) is 12.2 Å². The van der Waals surface area contributed by atoms with Gasteiger partial charge in [-0.05, 0) is 32.6 Å². The standard InChI is InChI=1S/C14H26O3/c1-3-5-7-10-13(15)11-8-6-9-12-14(16)17-4-2/h9,12-13,15H,3-8,10-11H2,1-2H3/b12-9+. The lowest BCUT2D eigenvalue weighted by molar-refractivity contribution is -0.137. The molecule has 1 atom stereocenters. The van der Waals surface area contributed by atoms with E-state index in [1.807, 2.05) is 6.08 Å². The SMILES string of the molecule is CCCCCC(O)CCC/C=C/C(=O)OCC. The van der Waals surface area contributed by atoms with Crippen LogP contribution in [0.2, 0.25) is 0 Å². The maximum Gasteiger partial charge on any atom is 0.330 e. The molecule has 100 valence electrons. The van der Waals surface area contributed by atoms with Gasteiger partial charge in [0.1, 0.15) is 0 Å². The summed E-state index contributed by atoms with van der Waals surface area (Å²) in [6.45, 7) is 4.37. The number of rotatable bonds is 10. The molecule has 0 radical (unpaired) electrons. The third-order valence-electron chi connectivity index (χ3n) is 2.59. The van der Waals surface area contributed by atoms with Gasteiger partial charge in [0.2, 0.25) is 0 Å². The van der Waals surface area contributed by atoms with Crippen molar-refractivity contribution in [3.8, 4) is 0 Å². The fourth-order valence-electron chi connectivity index (χ4n) is 1.62. The lowest BCUT2D eigenvalue weighted by atomic mass is 10.1. The van der Waals surface area contributed by atoms with Crippen LogP contribution in [0.4, 0.5) is 0 Å². The zero-order valence-electron chi connectivity index (χ0n) is 11.2. The molecule has 0 saturated heterocycles. The number of esters is 1. The first kappa shape index (κ1) is 16.2. The van der Waals surface area contributed by atoms with E-state index in [0.29, 0.717) is 6.61 Å². The van der Waals surface area contributed by atoms with Gasteiger partial charge in [0.25, 0.3) is 0 Å². The van der Waals surface area contributed by atoms with Crippen molar-refractivity contribution in [1.82, 2.24) is 0 Å². The third kappa shape index (κ3) is 11.4. The van der Waals surface area contributed by atoms with Crippen molar-refractivity contribution in [2.45, 2.75) is 64.9 Å². The Kier molecular flexibility index (Phi) is 11.1. The minimum atomic E-state index is -0.281. The maximum atomic E-state index is 11.0. The van der Waals surface area contributed by atoms with Gasteiger partial charge in [0.05, 0.1) is 12.7 Å². The van der Waals surface area contributed by atoms with E-state index in [1.54, 1.807) is 6.92 Å². The van der Waals surface area contributed by atoms with Gasteiger partial charge in [-0.15, -0.1) is 0 Å². The molecule has 3 nitrogen and oxygen atoms in total. The molecule has 0 aromatic carbocycles. The Morgan fingerprint density at radius 2 is 1.94 bits per heavy atom. The summed E-state index contributed by atoms with van der Waals surface area (Å²) in [5.74, 6) is -0.281. The Hall–Kier alpha value is -0.830. The van der Waals surface area contributed by atoms with E-state index < -0.39 is 0 Å². The third-order valence-corrected chi connectivity index (χ3v) is 2.59. The van der Waals surface area contributed by atoms with Crippen molar-refractivity contribution >= 4 is 5.97 Å². The molecule has 0 fully saturated rings. The second kappa shape index (κ2) is 11.6. The first-order valence-electron chi connectivity index (χ1n) is 6.72. The Morgan fingerprint density at radius 1 is 1.24 bits per heavy atom. The summed E-state index contributed by atoms with van der Waals surface area (Å²) >= 11 is 0. The summed E-state index contributed by atoms with van der Waals surface area (Å²) in [4.78, 5) is 11.0. The molecular weight excluding hydrogens is 216 g/mol. The number of hydrogen-bond acceptors (Lipinski definition) is 3. The Morgan fingerprint density at radius 3 is 2.59 bits per heavy atom. The molecule has 0 aromatic heterocycles. The van der Waals surface area contributed by atoms with Crippen LogP contribution >= 0.6 is 0 Å². The van der Waals surface area contributed by atoms with Crippen molar-refractivity contribution in [2.75, 3.05) is 6.61 Å². The fraction of sp³-hybridized carbons (Fsp3) is 0.786. The first-order valence-corrected chi connectivity index (χ1v) is 6.72. The van der Waals surface area contributed by atoms with Gasteiger partial charge in [-0.3, -0.25) is 0 Å². The highest BCUT2D eigenvalue weighted by molar-refractivity contribution is 5.81. The van der Waals surface area contributed by atoms with Crippen LogP contribution in [0.3, 0.4) is 0 Å². The molecule has 1 unspecified atom stereocenters. The van der Waals surface area contributed by atoms with Gasteiger partial charge >= 0.3 is 5.97 Å². The van der Waals surface area contributed by atoms with Crippen molar-refractivity contribution in [2.24, 2.45) is 0 Å². The minimum Gasteiger partial charge on any atom is -0.463 e. The molecule has 0 rings (SSSR count). The molecule has 0 bridgehead atoms. The van der Waals surface area contributed by atoms with Gasteiger partial charge in [-0.25, -0.2) is 4.79 Å². The molecule has 0 saturated carbocycles. The molecule has 0 spiro atoms. The molecule has 17 heavy (non-hydrogen) atoms. The van der Waals surface area contributed by atoms with Gasteiger partial charge in [-0.2, -0.15) is 0 Å². The van der Waals surface area contributed by atoms with Crippen LogP contribution in [0.1, 0.15) is 58.8 Å². The molecule has 0 aliphatic carbocycles. The van der Waals surface area contributed by atoms with Crippen LogP contribution in [0.15, 0.2) is 12.2 Å². The highest BCUT2D eigenvalue weighted by Crippen LogP contribution is 2.09. The molecule has 0 amide bonds. The lowest BCUT2D eigenvalue weighted by Crippen LogP contribution is -2.05. The zero-order valence-corrected chi connectivity index (χ0v) is 11.2. The summed E-state index contributed by atoms with van der Waals surface area (Å²) < 4.78 is 4.76. The van der Waals surface area contributed by atoms with E-state index in [0.717, 1.165) is 32.1 Å². The normalized spacial score (nSPS) is 12.9. The lowest BCUT2D eigenvalue weighted by Gasteiger charge is -2.08. The topological polar surface area (TPSA) is 46.5 Å². The van der Waals surface area contributed by atoms with Crippen LogP contribution in [0.5, 0.6) is 0 Å². The number of allylic oxidation sites excluding steroid dienone is 1. The summed E-state index contributed by atoms with van der Waals surface area (Å²) in [5, 5.41) is 9.65. The van der Waals surface area contributed by atoms with E-state index in [-0.39, 0.29) is 12.1 Å². The molecule has 0 aromatic rings. The molecule has 1 N–H and O–H groups in total. The molecule has 0 aliphatic rings. The quantitative estimate of drug-likeness (QED) is 0.363. The summed E-state index contributed by atoms with van der Waals surface area (Å²) in [7, 11) is 0. The molecule has 0 heterocycles. The number of unbranched alkanes of at least 4 members (excludes halogenated alkanes) is 3. The van der Waals surface area contributed by atoms with Crippen molar-refractivity contribution < 1.29 is 14.6 Å². The van der Waals surface area contributed by atoms with Crippen LogP contribution in [-0.2, 0) is 9.53 Å². The van der Waals surface area contributed by atoms with Crippen LogP contribution in [-0.4, -0.2) is 23.8 Å². The molecule has 3 heteroatoms. The van der Waals surface area contributed by atoms with Crippen molar-refractivity contribution in [1.29, 1.82) is 0 Å². The zero-order chi connectivity index (χ0) is 12.9. The van der Waals surface area contributed by atoms with Gasteiger partial charge in [0.15, 0.2) is 0 Å². The first-order chi connectivity index (χ1) is 8.20. The number of ether oxygens (including phenoxy) is 1. The minimum absolute atomic E-state index is 0.183. The van der Waals surface area contributed by atoms with E-state index >= 15 is 0 Å². The second-order valence-corrected chi connectivity index (χ2v) is 4.23. The largest absolute Gasteiger partial charge is 0.463 e. The second-order valence-electron chi connectivity index (χ2n) is 4.23. The van der Waals surface area contributed by atoms with E-state index in [1.165, 1.54) is 18.9 Å². The fourth-order valence-corrected chi connectivity index (χ4v) is 1.62. The van der Waals surface area contributed by atoms with E-state index in [4.69, 9.17) is 4.74 Å². The average Bonchev–Trinajstić information content (AvgIpc) is 2.29. The number of hydrogen-bond donors (Lipinski definition) is 1. The maximum absolute atomic E-state index is 11.0. The number of carbonyl (C=O) groups is 1. The van der Waals surface area contributed by atoms with Crippen LogP contribution < -0.4 is 0 Å². The monoisotopic (exact) mass is 242 g/mol. The predicted octanol–water partition coefficient (Wildman–Crippen LogP) is 3.22. The summed E-state index contributed by atoms with van der Waals surface area (Å²) in [5.41, 5.74) is 0. The van der Waals surface area contributed by atoms with Crippen LogP contribution in [0.25, 0.3) is 0 Å².